The summed E-state index contributed by atoms with van der Waals surface area (Å²) in [7, 11) is 0. The summed E-state index contributed by atoms with van der Waals surface area (Å²) in [4.78, 5) is 14.3. The number of aromatic nitrogens is 2. The number of hydrogen-bond donors (Lipinski definition) is 1. The second-order valence-corrected chi connectivity index (χ2v) is 4.52. The second-order valence-electron chi connectivity index (χ2n) is 4.52. The molecule has 1 N–H and O–H groups in total. The smallest absolute Gasteiger partial charge is 0.377 e. The highest BCUT2D eigenvalue weighted by atomic mass is 16.5. The van der Waals surface area contributed by atoms with Crippen LogP contribution in [0.2, 0.25) is 0 Å². The first-order valence-corrected chi connectivity index (χ1v) is 5.30. The van der Waals surface area contributed by atoms with Crippen LogP contribution in [0.25, 0.3) is 0 Å². The number of carboxylic acid groups (broad SMARTS) is 1. The zero-order chi connectivity index (χ0) is 10.4. The van der Waals surface area contributed by atoms with Gasteiger partial charge in [0.25, 0.3) is 5.82 Å². The summed E-state index contributed by atoms with van der Waals surface area (Å²) in [6.45, 7) is 0. The topological polar surface area (TPSA) is 76.2 Å². The van der Waals surface area contributed by atoms with Crippen LogP contribution in [-0.2, 0) is 6.42 Å². The van der Waals surface area contributed by atoms with E-state index in [1.807, 2.05) is 0 Å². The van der Waals surface area contributed by atoms with Crippen molar-refractivity contribution in [2.45, 2.75) is 25.7 Å². The molecule has 5 nitrogen and oxygen atoms in total. The molecule has 2 atom stereocenters. The molecule has 2 fully saturated rings. The lowest BCUT2D eigenvalue weighted by Crippen LogP contribution is -1.99. The minimum atomic E-state index is -1.13. The Kier molecular flexibility index (Phi) is 1.81. The molecule has 15 heavy (non-hydrogen) atoms. The molecule has 1 heterocycles. The van der Waals surface area contributed by atoms with E-state index in [-0.39, 0.29) is 5.82 Å². The number of rotatable bonds is 4. The largest absolute Gasteiger partial charge is 0.475 e. The van der Waals surface area contributed by atoms with Crippen LogP contribution in [0.15, 0.2) is 4.52 Å². The standard InChI is InChI=1S/C10H12N2O3/c13-10(14)9-11-8(15-12-9)4-6-3-7(6)5-1-2-5/h5-7H,1-4H2,(H,13,14). The summed E-state index contributed by atoms with van der Waals surface area (Å²) in [5.74, 6) is 1.54. The van der Waals surface area contributed by atoms with Gasteiger partial charge in [0.15, 0.2) is 0 Å². The number of hydrogen-bond acceptors (Lipinski definition) is 4. The molecule has 1 aromatic heterocycles. The van der Waals surface area contributed by atoms with Gasteiger partial charge in [-0.2, -0.15) is 4.98 Å². The number of carboxylic acids is 1. The highest BCUT2D eigenvalue weighted by Gasteiger charge is 2.47. The van der Waals surface area contributed by atoms with Crippen LogP contribution in [-0.4, -0.2) is 21.2 Å². The van der Waals surface area contributed by atoms with Crippen molar-refractivity contribution in [2.24, 2.45) is 17.8 Å². The van der Waals surface area contributed by atoms with Crippen molar-refractivity contribution in [2.75, 3.05) is 0 Å². The Balaban J connectivity index is 1.60. The maximum Gasteiger partial charge on any atom is 0.377 e. The molecule has 0 bridgehead atoms. The maximum atomic E-state index is 10.5. The third-order valence-electron chi connectivity index (χ3n) is 3.30. The van der Waals surface area contributed by atoms with Crippen molar-refractivity contribution in [3.8, 4) is 0 Å². The quantitative estimate of drug-likeness (QED) is 0.808. The fourth-order valence-electron chi connectivity index (χ4n) is 2.26. The summed E-state index contributed by atoms with van der Waals surface area (Å²) in [6.07, 6.45) is 4.73. The summed E-state index contributed by atoms with van der Waals surface area (Å²) in [5.41, 5.74) is 0. The minimum Gasteiger partial charge on any atom is -0.475 e. The molecule has 2 aliphatic rings. The predicted octanol–water partition coefficient (Wildman–Crippen LogP) is 1.36. The van der Waals surface area contributed by atoms with Crippen molar-refractivity contribution in [3.05, 3.63) is 11.7 Å². The highest BCUT2D eigenvalue weighted by molar-refractivity contribution is 5.82. The second kappa shape index (κ2) is 3.05. The van der Waals surface area contributed by atoms with Gasteiger partial charge in [-0.05, 0) is 42.2 Å². The Morgan fingerprint density at radius 3 is 2.93 bits per heavy atom. The number of nitrogens with zero attached hydrogens (tertiary/aromatic N) is 2. The lowest BCUT2D eigenvalue weighted by Gasteiger charge is -1.91. The van der Waals surface area contributed by atoms with E-state index >= 15 is 0 Å². The van der Waals surface area contributed by atoms with E-state index in [0.717, 1.165) is 18.3 Å². The Bertz CT molecular complexity index is 397. The van der Waals surface area contributed by atoms with Crippen LogP contribution >= 0.6 is 0 Å². The van der Waals surface area contributed by atoms with Gasteiger partial charge in [-0.25, -0.2) is 4.79 Å². The molecule has 0 spiro atoms. The molecule has 0 radical (unpaired) electrons. The molecule has 0 aliphatic heterocycles. The van der Waals surface area contributed by atoms with E-state index in [1.165, 1.54) is 19.3 Å². The van der Waals surface area contributed by atoms with Crippen LogP contribution in [0.5, 0.6) is 0 Å². The summed E-state index contributed by atoms with van der Waals surface area (Å²) in [5, 5.41) is 12.0. The highest BCUT2D eigenvalue weighted by Crippen LogP contribution is 2.55. The van der Waals surface area contributed by atoms with Gasteiger partial charge in [-0.15, -0.1) is 0 Å². The van der Waals surface area contributed by atoms with Gasteiger partial charge in [-0.1, -0.05) is 0 Å². The molecule has 3 rings (SSSR count). The van der Waals surface area contributed by atoms with Crippen LogP contribution in [0.3, 0.4) is 0 Å². The fourth-order valence-corrected chi connectivity index (χ4v) is 2.26. The van der Waals surface area contributed by atoms with Crippen molar-refractivity contribution >= 4 is 5.97 Å². The van der Waals surface area contributed by atoms with Gasteiger partial charge < -0.3 is 9.63 Å². The van der Waals surface area contributed by atoms with E-state index in [4.69, 9.17) is 9.63 Å². The van der Waals surface area contributed by atoms with Gasteiger partial charge >= 0.3 is 5.97 Å². The Labute approximate surface area is 86.5 Å². The first kappa shape index (κ1) is 8.88. The van der Waals surface area contributed by atoms with Gasteiger partial charge in [0, 0.05) is 6.42 Å². The van der Waals surface area contributed by atoms with E-state index < -0.39 is 5.97 Å². The monoisotopic (exact) mass is 208 g/mol. The van der Waals surface area contributed by atoms with Crippen LogP contribution in [0.1, 0.15) is 35.8 Å². The van der Waals surface area contributed by atoms with Crippen molar-refractivity contribution in [3.63, 3.8) is 0 Å². The van der Waals surface area contributed by atoms with Crippen LogP contribution in [0.4, 0.5) is 0 Å². The lowest BCUT2D eigenvalue weighted by molar-refractivity contribution is 0.0680. The van der Waals surface area contributed by atoms with Crippen molar-refractivity contribution in [1.29, 1.82) is 0 Å². The molecule has 5 heteroatoms. The molecule has 80 valence electrons. The van der Waals surface area contributed by atoms with Gasteiger partial charge in [0.2, 0.25) is 5.89 Å². The van der Waals surface area contributed by atoms with Crippen LogP contribution < -0.4 is 0 Å². The minimum absolute atomic E-state index is 0.228. The third kappa shape index (κ3) is 1.73. The number of carbonyl (C=O) groups is 1. The number of aromatic carboxylic acids is 1. The molecular weight excluding hydrogens is 196 g/mol. The fraction of sp³-hybridized carbons (Fsp3) is 0.700. The van der Waals surface area contributed by atoms with Gasteiger partial charge in [0.1, 0.15) is 0 Å². The molecule has 2 aliphatic carbocycles. The first-order valence-electron chi connectivity index (χ1n) is 5.30. The normalized spacial score (nSPS) is 29.1. The summed E-state index contributed by atoms with van der Waals surface area (Å²) < 4.78 is 4.88. The Morgan fingerprint density at radius 2 is 2.33 bits per heavy atom. The zero-order valence-corrected chi connectivity index (χ0v) is 8.22. The zero-order valence-electron chi connectivity index (χ0n) is 8.22. The van der Waals surface area contributed by atoms with E-state index in [0.29, 0.717) is 11.8 Å². The Hall–Kier alpha value is -1.39. The molecule has 0 aromatic carbocycles. The van der Waals surface area contributed by atoms with Crippen molar-refractivity contribution in [1.82, 2.24) is 10.1 Å². The average molecular weight is 208 g/mol. The summed E-state index contributed by atoms with van der Waals surface area (Å²) >= 11 is 0. The Morgan fingerprint density at radius 1 is 1.53 bits per heavy atom. The SMILES string of the molecule is O=C(O)c1noc(CC2CC2C2CC2)n1. The first-order chi connectivity index (χ1) is 7.24. The van der Waals surface area contributed by atoms with E-state index in [9.17, 15) is 4.79 Å². The van der Waals surface area contributed by atoms with E-state index in [1.54, 1.807) is 0 Å². The molecule has 1 aromatic rings. The average Bonchev–Trinajstić information content (AvgIpc) is 3.04. The third-order valence-corrected chi connectivity index (χ3v) is 3.30. The maximum absolute atomic E-state index is 10.5. The molecule has 0 amide bonds. The van der Waals surface area contributed by atoms with Crippen LogP contribution in [0, 0.1) is 17.8 Å². The molecular formula is C10H12N2O3. The van der Waals surface area contributed by atoms with E-state index in [2.05, 4.69) is 10.1 Å². The van der Waals surface area contributed by atoms with Gasteiger partial charge in [-0.3, -0.25) is 0 Å². The van der Waals surface area contributed by atoms with Gasteiger partial charge in [0.05, 0.1) is 0 Å². The molecule has 0 saturated heterocycles. The van der Waals surface area contributed by atoms with Crippen molar-refractivity contribution < 1.29 is 14.4 Å². The predicted molar refractivity (Wildman–Crippen MR) is 49.3 cm³/mol. The molecule has 2 unspecified atom stereocenters. The lowest BCUT2D eigenvalue weighted by atomic mass is 10.2. The summed E-state index contributed by atoms with van der Waals surface area (Å²) in [6, 6.07) is 0. The molecule has 2 saturated carbocycles.